The number of carbonyl (C=O) groups excluding carboxylic acids is 1. The molecule has 0 atom stereocenters. The van der Waals surface area contributed by atoms with Crippen LogP contribution in [0.15, 0.2) is 29.4 Å². The van der Waals surface area contributed by atoms with Crippen LogP contribution in [0.4, 0.5) is 5.82 Å². The normalized spacial score (nSPS) is 10.8. The number of pyridine rings is 1. The zero-order valence-electron chi connectivity index (χ0n) is 15.2. The van der Waals surface area contributed by atoms with E-state index in [1.54, 1.807) is 17.4 Å². The summed E-state index contributed by atoms with van der Waals surface area (Å²) in [6.07, 6.45) is 2.18. The van der Waals surface area contributed by atoms with Gasteiger partial charge in [-0.1, -0.05) is 6.07 Å². The van der Waals surface area contributed by atoms with Crippen LogP contribution in [0.1, 0.15) is 28.9 Å². The monoisotopic (exact) mass is 488 g/mol. The first kappa shape index (κ1) is 22.3. The fraction of sp³-hybridized carbons (Fsp3) is 0.412. The van der Waals surface area contributed by atoms with Crippen LogP contribution in [-0.2, 0) is 11.3 Å². The molecule has 0 radical (unpaired) electrons. The minimum absolute atomic E-state index is 0. The average molecular weight is 488 g/mol. The lowest BCUT2D eigenvalue weighted by Gasteiger charge is -2.11. The van der Waals surface area contributed by atoms with Crippen LogP contribution in [0, 0.1) is 13.8 Å². The van der Waals surface area contributed by atoms with E-state index < -0.39 is 0 Å². The summed E-state index contributed by atoms with van der Waals surface area (Å²) in [5, 5.41) is 10.1. The van der Waals surface area contributed by atoms with Gasteiger partial charge in [-0.3, -0.25) is 4.79 Å². The fourth-order valence-corrected chi connectivity index (χ4v) is 2.79. The van der Waals surface area contributed by atoms with Crippen molar-refractivity contribution >= 4 is 53.0 Å². The zero-order chi connectivity index (χ0) is 18.1. The number of guanidine groups is 1. The van der Waals surface area contributed by atoms with Gasteiger partial charge < -0.3 is 16.0 Å². The van der Waals surface area contributed by atoms with Crippen LogP contribution in [0.3, 0.4) is 0 Å². The van der Waals surface area contributed by atoms with Crippen molar-refractivity contribution in [1.82, 2.24) is 20.6 Å². The second-order valence-electron chi connectivity index (χ2n) is 5.45. The number of thiazole rings is 1. The molecule has 0 spiro atoms. The molecule has 3 N–H and O–H groups in total. The molecule has 9 heteroatoms. The number of aliphatic imine (C=N–C) groups is 1. The largest absolute Gasteiger partial charge is 0.357 e. The molecular formula is C17H25IN6OS. The van der Waals surface area contributed by atoms with Gasteiger partial charge in [-0.2, -0.15) is 0 Å². The highest BCUT2D eigenvalue weighted by atomic mass is 127. The molecule has 7 nitrogen and oxygen atoms in total. The van der Waals surface area contributed by atoms with Crippen molar-refractivity contribution in [3.8, 4) is 0 Å². The molecule has 0 aromatic carbocycles. The molecule has 1 amide bonds. The lowest BCUT2D eigenvalue weighted by molar-refractivity contribution is -0.116. The quantitative estimate of drug-likeness (QED) is 0.317. The van der Waals surface area contributed by atoms with Crippen molar-refractivity contribution in [1.29, 1.82) is 0 Å². The van der Waals surface area contributed by atoms with Crippen LogP contribution < -0.4 is 16.0 Å². The third-order valence-corrected chi connectivity index (χ3v) is 4.08. The summed E-state index contributed by atoms with van der Waals surface area (Å²) in [5.41, 5.74) is 0.870. The van der Waals surface area contributed by atoms with E-state index in [2.05, 4.69) is 30.9 Å². The minimum Gasteiger partial charge on any atom is -0.357 e. The Bertz CT molecular complexity index is 734. The van der Waals surface area contributed by atoms with E-state index >= 15 is 0 Å². The van der Waals surface area contributed by atoms with Gasteiger partial charge in [-0.25, -0.2) is 15.0 Å². The maximum Gasteiger partial charge on any atom is 0.227 e. The van der Waals surface area contributed by atoms with Gasteiger partial charge in [0.2, 0.25) is 5.91 Å². The second-order valence-corrected chi connectivity index (χ2v) is 6.77. The van der Waals surface area contributed by atoms with Crippen LogP contribution in [-0.4, -0.2) is 34.9 Å². The van der Waals surface area contributed by atoms with Crippen molar-refractivity contribution in [2.75, 3.05) is 18.4 Å². The number of aromatic nitrogens is 2. The topological polar surface area (TPSA) is 91.3 Å². The van der Waals surface area contributed by atoms with Gasteiger partial charge in [0, 0.05) is 36.3 Å². The van der Waals surface area contributed by atoms with E-state index in [4.69, 9.17) is 0 Å². The molecule has 0 unspecified atom stereocenters. The zero-order valence-corrected chi connectivity index (χ0v) is 18.4. The van der Waals surface area contributed by atoms with Gasteiger partial charge >= 0.3 is 0 Å². The summed E-state index contributed by atoms with van der Waals surface area (Å²) in [5.74, 6) is 1.17. The second kappa shape index (κ2) is 11.8. The summed E-state index contributed by atoms with van der Waals surface area (Å²) < 4.78 is 0. The van der Waals surface area contributed by atoms with Crippen molar-refractivity contribution in [2.45, 2.75) is 33.7 Å². The van der Waals surface area contributed by atoms with Gasteiger partial charge in [-0.05, 0) is 32.9 Å². The van der Waals surface area contributed by atoms with E-state index in [0.29, 0.717) is 31.3 Å². The van der Waals surface area contributed by atoms with E-state index in [1.807, 2.05) is 39.1 Å². The van der Waals surface area contributed by atoms with Crippen molar-refractivity contribution in [2.24, 2.45) is 4.99 Å². The van der Waals surface area contributed by atoms with Crippen LogP contribution >= 0.6 is 35.3 Å². The highest BCUT2D eigenvalue weighted by Crippen LogP contribution is 2.11. The summed E-state index contributed by atoms with van der Waals surface area (Å²) in [7, 11) is 0. The molecule has 26 heavy (non-hydrogen) atoms. The smallest absolute Gasteiger partial charge is 0.227 e. The van der Waals surface area contributed by atoms with Crippen LogP contribution in [0.25, 0.3) is 0 Å². The summed E-state index contributed by atoms with van der Waals surface area (Å²) in [6, 6.07) is 5.53. The van der Waals surface area contributed by atoms with Crippen LogP contribution in [0.5, 0.6) is 0 Å². The molecule has 0 bridgehead atoms. The lowest BCUT2D eigenvalue weighted by Crippen LogP contribution is -2.38. The summed E-state index contributed by atoms with van der Waals surface area (Å²) in [4.78, 5) is 26.2. The molecule has 0 aliphatic heterocycles. The summed E-state index contributed by atoms with van der Waals surface area (Å²) in [6.45, 7) is 7.67. The molecule has 2 aromatic rings. The van der Waals surface area contributed by atoms with Gasteiger partial charge in [0.1, 0.15) is 10.8 Å². The Hall–Kier alpha value is -1.75. The number of aryl methyl sites for hydroxylation is 2. The molecule has 2 heterocycles. The van der Waals surface area contributed by atoms with E-state index in [0.717, 1.165) is 17.2 Å². The molecule has 0 saturated carbocycles. The Morgan fingerprint density at radius 3 is 2.73 bits per heavy atom. The lowest BCUT2D eigenvalue weighted by atomic mass is 10.3. The molecular weight excluding hydrogens is 463 g/mol. The first-order valence-corrected chi connectivity index (χ1v) is 9.05. The first-order chi connectivity index (χ1) is 12.1. The predicted octanol–water partition coefficient (Wildman–Crippen LogP) is 2.86. The maximum atomic E-state index is 12.0. The third kappa shape index (κ3) is 8.09. The van der Waals surface area contributed by atoms with E-state index in [9.17, 15) is 4.79 Å². The number of hydrogen-bond acceptors (Lipinski definition) is 5. The van der Waals surface area contributed by atoms with E-state index in [1.165, 1.54) is 4.88 Å². The van der Waals surface area contributed by atoms with Crippen molar-refractivity contribution < 1.29 is 4.79 Å². The number of nitrogens with zero attached hydrogens (tertiary/aromatic N) is 3. The highest BCUT2D eigenvalue weighted by molar-refractivity contribution is 14.0. The Balaban J connectivity index is 0.00000338. The van der Waals surface area contributed by atoms with Crippen molar-refractivity contribution in [3.63, 3.8) is 0 Å². The Labute approximate surface area is 175 Å². The Kier molecular flexibility index (Phi) is 10.1. The molecule has 2 rings (SSSR count). The van der Waals surface area contributed by atoms with Crippen LogP contribution in [0.2, 0.25) is 0 Å². The molecule has 0 aliphatic rings. The molecule has 0 saturated heterocycles. The summed E-state index contributed by atoms with van der Waals surface area (Å²) >= 11 is 1.63. The Morgan fingerprint density at radius 1 is 1.27 bits per heavy atom. The number of halogens is 1. The molecule has 0 aliphatic carbocycles. The van der Waals surface area contributed by atoms with Gasteiger partial charge in [0.05, 0.1) is 6.54 Å². The van der Waals surface area contributed by atoms with Gasteiger partial charge in [0.25, 0.3) is 0 Å². The van der Waals surface area contributed by atoms with Gasteiger partial charge in [-0.15, -0.1) is 35.3 Å². The number of hydrogen-bond donors (Lipinski definition) is 3. The standard InChI is InChI=1S/C17H24N6OS.HI/c1-4-18-17(21-11-16-20-10-13(3)25-16)19-9-8-15(24)23-14-7-5-6-12(2)22-14;/h5-7,10H,4,8-9,11H2,1-3H3,(H2,18,19,21)(H,22,23,24);1H. The number of carbonyl (C=O) groups is 1. The van der Waals surface area contributed by atoms with Gasteiger partial charge in [0.15, 0.2) is 5.96 Å². The molecule has 2 aromatic heterocycles. The predicted molar refractivity (Wildman–Crippen MR) is 117 cm³/mol. The maximum absolute atomic E-state index is 12.0. The highest BCUT2D eigenvalue weighted by Gasteiger charge is 2.05. The number of nitrogens with one attached hydrogen (secondary N) is 3. The number of anilines is 1. The first-order valence-electron chi connectivity index (χ1n) is 8.24. The molecule has 142 valence electrons. The van der Waals surface area contributed by atoms with Crippen molar-refractivity contribution in [3.05, 3.63) is 40.0 Å². The molecule has 0 fully saturated rings. The Morgan fingerprint density at radius 2 is 2.08 bits per heavy atom. The number of rotatable bonds is 7. The SMILES string of the molecule is CCNC(=NCc1ncc(C)s1)NCCC(=O)Nc1cccc(C)n1.I. The fourth-order valence-electron chi connectivity index (χ4n) is 2.08. The third-order valence-electron chi connectivity index (χ3n) is 3.19. The van der Waals surface area contributed by atoms with E-state index in [-0.39, 0.29) is 29.9 Å². The average Bonchev–Trinajstić information content (AvgIpc) is 2.98. The number of amides is 1. The minimum atomic E-state index is -0.0861.